The largest absolute Gasteiger partial charge is 0.326 e. The van der Waals surface area contributed by atoms with Crippen molar-refractivity contribution in [1.29, 1.82) is 0 Å². The third-order valence-corrected chi connectivity index (χ3v) is 3.32. The highest BCUT2D eigenvalue weighted by atomic mass is 16.1. The summed E-state index contributed by atoms with van der Waals surface area (Å²) in [6, 6.07) is 22.0. The van der Waals surface area contributed by atoms with E-state index in [2.05, 4.69) is 40.6 Å². The molecule has 0 unspecified atom stereocenters. The Morgan fingerprint density at radius 2 is 1.68 bits per heavy atom. The van der Waals surface area contributed by atoms with Gasteiger partial charge in [-0.15, -0.1) is 0 Å². The van der Waals surface area contributed by atoms with Crippen LogP contribution in [-0.4, -0.2) is 12.1 Å². The Labute approximate surface area is 129 Å². The van der Waals surface area contributed by atoms with Crippen LogP contribution >= 0.6 is 0 Å². The Morgan fingerprint density at radius 1 is 0.955 bits per heavy atom. The van der Waals surface area contributed by atoms with E-state index < -0.39 is 0 Å². The Bertz CT molecular complexity index is 835. The maximum atomic E-state index is 11.0. The highest BCUT2D eigenvalue weighted by molar-refractivity contribution is 5.91. The summed E-state index contributed by atoms with van der Waals surface area (Å²) >= 11 is 0. The van der Waals surface area contributed by atoms with Crippen LogP contribution in [0, 0.1) is 0 Å². The van der Waals surface area contributed by atoms with Crippen LogP contribution < -0.4 is 5.32 Å². The van der Waals surface area contributed by atoms with E-state index in [0.717, 1.165) is 16.9 Å². The van der Waals surface area contributed by atoms with E-state index in [1.165, 1.54) is 17.7 Å². The Kier molecular flexibility index (Phi) is 3.97. The van der Waals surface area contributed by atoms with Crippen molar-refractivity contribution in [3.63, 3.8) is 0 Å². The zero-order valence-electron chi connectivity index (χ0n) is 12.3. The molecular formula is C19H16N2O. The summed E-state index contributed by atoms with van der Waals surface area (Å²) in [4.78, 5) is 15.4. The molecule has 3 rings (SSSR count). The number of carbonyl (C=O) groups is 1. The van der Waals surface area contributed by atoms with Crippen molar-refractivity contribution in [2.24, 2.45) is 4.99 Å². The number of benzene rings is 3. The summed E-state index contributed by atoms with van der Waals surface area (Å²) in [5, 5.41) is 5.16. The number of hydrogen-bond donors (Lipinski definition) is 1. The van der Waals surface area contributed by atoms with Crippen LogP contribution in [0.4, 0.5) is 11.4 Å². The number of carbonyl (C=O) groups excluding carboxylic acids is 1. The van der Waals surface area contributed by atoms with Gasteiger partial charge < -0.3 is 5.32 Å². The number of rotatable bonds is 3. The maximum Gasteiger partial charge on any atom is 0.221 e. The molecule has 22 heavy (non-hydrogen) atoms. The van der Waals surface area contributed by atoms with Gasteiger partial charge in [0.1, 0.15) is 0 Å². The van der Waals surface area contributed by atoms with Crippen molar-refractivity contribution in [3.05, 3.63) is 72.3 Å². The van der Waals surface area contributed by atoms with Gasteiger partial charge >= 0.3 is 0 Å². The molecule has 3 aromatic carbocycles. The van der Waals surface area contributed by atoms with Gasteiger partial charge in [-0.2, -0.15) is 0 Å². The summed E-state index contributed by atoms with van der Waals surface area (Å²) in [6.07, 6.45) is 1.85. The SMILES string of the molecule is CC(=O)Nc1ccc(N=Cc2ccc3ccccc3c2)cc1. The van der Waals surface area contributed by atoms with Crippen molar-refractivity contribution in [1.82, 2.24) is 0 Å². The topological polar surface area (TPSA) is 41.5 Å². The normalized spacial score (nSPS) is 11.0. The molecule has 1 N–H and O–H groups in total. The molecule has 0 atom stereocenters. The lowest BCUT2D eigenvalue weighted by molar-refractivity contribution is -0.114. The fraction of sp³-hybridized carbons (Fsp3) is 0.0526. The number of anilines is 1. The first-order chi connectivity index (χ1) is 10.7. The molecule has 3 nitrogen and oxygen atoms in total. The van der Waals surface area contributed by atoms with Crippen LogP contribution in [0.5, 0.6) is 0 Å². The standard InChI is InChI=1S/C19H16N2O/c1-14(22)21-19-10-8-18(9-11-19)20-13-15-6-7-16-4-2-3-5-17(16)12-15/h2-13H,1H3,(H,21,22). The number of nitrogens with one attached hydrogen (secondary N) is 1. The van der Waals surface area contributed by atoms with Crippen molar-refractivity contribution in [3.8, 4) is 0 Å². The second-order valence-electron chi connectivity index (χ2n) is 5.09. The van der Waals surface area contributed by atoms with E-state index in [1.807, 2.05) is 42.6 Å². The van der Waals surface area contributed by atoms with Crippen LogP contribution in [0.1, 0.15) is 12.5 Å². The second kappa shape index (κ2) is 6.22. The first-order valence-corrected chi connectivity index (χ1v) is 7.11. The zero-order chi connectivity index (χ0) is 15.4. The molecular weight excluding hydrogens is 272 g/mol. The van der Waals surface area contributed by atoms with E-state index >= 15 is 0 Å². The molecule has 108 valence electrons. The third-order valence-electron chi connectivity index (χ3n) is 3.32. The molecule has 3 heteroatoms. The van der Waals surface area contributed by atoms with Gasteiger partial charge in [-0.25, -0.2) is 0 Å². The van der Waals surface area contributed by atoms with Gasteiger partial charge in [0, 0.05) is 18.8 Å². The van der Waals surface area contributed by atoms with Crippen molar-refractivity contribution >= 4 is 34.3 Å². The molecule has 0 saturated carbocycles. The minimum atomic E-state index is -0.0765. The quantitative estimate of drug-likeness (QED) is 0.706. The molecule has 0 radical (unpaired) electrons. The number of nitrogens with zero attached hydrogens (tertiary/aromatic N) is 1. The molecule has 0 heterocycles. The van der Waals surface area contributed by atoms with Gasteiger partial charge in [-0.3, -0.25) is 9.79 Å². The van der Waals surface area contributed by atoms with Gasteiger partial charge in [0.15, 0.2) is 0 Å². The van der Waals surface area contributed by atoms with E-state index in [4.69, 9.17) is 0 Å². The summed E-state index contributed by atoms with van der Waals surface area (Å²) in [6.45, 7) is 1.49. The number of aliphatic imine (C=N–C) groups is 1. The molecule has 3 aromatic rings. The van der Waals surface area contributed by atoms with Crippen molar-refractivity contribution < 1.29 is 4.79 Å². The average molecular weight is 288 g/mol. The fourth-order valence-electron chi connectivity index (χ4n) is 2.27. The summed E-state index contributed by atoms with van der Waals surface area (Å²) in [7, 11) is 0. The molecule has 0 aliphatic heterocycles. The van der Waals surface area contributed by atoms with Crippen molar-refractivity contribution in [2.75, 3.05) is 5.32 Å². The van der Waals surface area contributed by atoms with Crippen LogP contribution in [0.25, 0.3) is 10.8 Å². The maximum absolute atomic E-state index is 11.0. The lowest BCUT2D eigenvalue weighted by Gasteiger charge is -2.02. The van der Waals surface area contributed by atoms with Crippen LogP contribution in [0.3, 0.4) is 0 Å². The molecule has 0 fully saturated rings. The third kappa shape index (κ3) is 3.38. The number of amides is 1. The zero-order valence-corrected chi connectivity index (χ0v) is 12.3. The van der Waals surface area contributed by atoms with Gasteiger partial charge in [-0.1, -0.05) is 36.4 Å². The van der Waals surface area contributed by atoms with Crippen molar-refractivity contribution in [2.45, 2.75) is 6.92 Å². The van der Waals surface area contributed by atoms with E-state index in [1.54, 1.807) is 0 Å². The van der Waals surface area contributed by atoms with Gasteiger partial charge in [0.2, 0.25) is 5.91 Å². The molecule has 0 spiro atoms. The molecule has 0 aromatic heterocycles. The van der Waals surface area contributed by atoms with Crippen LogP contribution in [0.2, 0.25) is 0 Å². The molecule has 0 aliphatic rings. The van der Waals surface area contributed by atoms with Gasteiger partial charge in [-0.05, 0) is 46.7 Å². The number of hydrogen-bond acceptors (Lipinski definition) is 2. The lowest BCUT2D eigenvalue weighted by atomic mass is 10.1. The fourth-order valence-corrected chi connectivity index (χ4v) is 2.27. The molecule has 0 bridgehead atoms. The summed E-state index contributed by atoms with van der Waals surface area (Å²) in [5.74, 6) is -0.0765. The first kappa shape index (κ1) is 14.0. The van der Waals surface area contributed by atoms with Gasteiger partial charge in [0.25, 0.3) is 0 Å². The van der Waals surface area contributed by atoms with E-state index in [0.29, 0.717) is 0 Å². The van der Waals surface area contributed by atoms with Crippen LogP contribution in [-0.2, 0) is 4.79 Å². The highest BCUT2D eigenvalue weighted by Gasteiger charge is 1.96. The Hall–Kier alpha value is -2.94. The first-order valence-electron chi connectivity index (χ1n) is 7.11. The second-order valence-corrected chi connectivity index (χ2v) is 5.09. The minimum Gasteiger partial charge on any atom is -0.326 e. The number of fused-ring (bicyclic) bond motifs is 1. The monoisotopic (exact) mass is 288 g/mol. The predicted molar refractivity (Wildman–Crippen MR) is 91.9 cm³/mol. The highest BCUT2D eigenvalue weighted by Crippen LogP contribution is 2.18. The Morgan fingerprint density at radius 3 is 2.41 bits per heavy atom. The van der Waals surface area contributed by atoms with Gasteiger partial charge in [0.05, 0.1) is 5.69 Å². The van der Waals surface area contributed by atoms with Crippen LogP contribution in [0.15, 0.2) is 71.7 Å². The molecule has 0 aliphatic carbocycles. The lowest BCUT2D eigenvalue weighted by Crippen LogP contribution is -2.04. The Balaban J connectivity index is 1.78. The average Bonchev–Trinajstić information content (AvgIpc) is 2.53. The smallest absolute Gasteiger partial charge is 0.221 e. The summed E-state index contributed by atoms with van der Waals surface area (Å²) in [5.41, 5.74) is 2.68. The summed E-state index contributed by atoms with van der Waals surface area (Å²) < 4.78 is 0. The van der Waals surface area contributed by atoms with E-state index in [9.17, 15) is 4.79 Å². The predicted octanol–water partition coefficient (Wildman–Crippen LogP) is 4.55. The molecule has 1 amide bonds. The minimum absolute atomic E-state index is 0.0765. The van der Waals surface area contributed by atoms with E-state index in [-0.39, 0.29) is 5.91 Å². The molecule has 0 saturated heterocycles.